The van der Waals surface area contributed by atoms with Gasteiger partial charge in [0.1, 0.15) is 0 Å². The summed E-state index contributed by atoms with van der Waals surface area (Å²) in [4.78, 5) is 36.2. The van der Waals surface area contributed by atoms with Crippen LogP contribution in [0.5, 0.6) is 0 Å². The van der Waals surface area contributed by atoms with Gasteiger partial charge in [-0.15, -0.1) is 0 Å². The molecule has 0 aromatic carbocycles. The number of hydrogen-bond donors (Lipinski definition) is 2. The van der Waals surface area contributed by atoms with Crippen LogP contribution in [0.1, 0.15) is 44.9 Å². The Hall–Kier alpha value is -1.59. The molecule has 2 fully saturated rings. The van der Waals surface area contributed by atoms with Crippen molar-refractivity contribution in [3.05, 3.63) is 0 Å². The number of likely N-dealkylation sites (tertiary alicyclic amines) is 1. The summed E-state index contributed by atoms with van der Waals surface area (Å²) in [5.41, 5.74) is 5.20. The fourth-order valence-electron chi connectivity index (χ4n) is 2.96. The lowest BCUT2D eigenvalue weighted by atomic mass is 9.95. The zero-order valence-corrected chi connectivity index (χ0v) is 11.8. The molecule has 0 aromatic rings. The maximum atomic E-state index is 11.8. The first-order valence-corrected chi connectivity index (χ1v) is 7.42. The van der Waals surface area contributed by atoms with Crippen LogP contribution in [-0.4, -0.2) is 41.8 Å². The van der Waals surface area contributed by atoms with E-state index in [0.717, 1.165) is 12.8 Å². The van der Waals surface area contributed by atoms with E-state index in [-0.39, 0.29) is 18.2 Å². The van der Waals surface area contributed by atoms with Gasteiger partial charge in [-0.3, -0.25) is 14.4 Å². The van der Waals surface area contributed by atoms with Gasteiger partial charge in [-0.25, -0.2) is 0 Å². The second-order valence-corrected chi connectivity index (χ2v) is 5.80. The van der Waals surface area contributed by atoms with Crippen LogP contribution in [-0.2, 0) is 14.4 Å². The average molecular weight is 281 g/mol. The third-order valence-corrected chi connectivity index (χ3v) is 4.20. The lowest BCUT2D eigenvalue weighted by molar-refractivity contribution is -0.129. The fourth-order valence-corrected chi connectivity index (χ4v) is 2.96. The number of hydrogen-bond acceptors (Lipinski definition) is 3. The Morgan fingerprint density at radius 1 is 1.25 bits per heavy atom. The predicted octanol–water partition coefficient (Wildman–Crippen LogP) is 0.159. The van der Waals surface area contributed by atoms with Crippen LogP contribution < -0.4 is 11.1 Å². The summed E-state index contributed by atoms with van der Waals surface area (Å²) >= 11 is 0. The maximum absolute atomic E-state index is 11.8. The second kappa shape index (κ2) is 6.72. The Bertz CT molecular complexity index is 391. The van der Waals surface area contributed by atoms with Gasteiger partial charge in [0.2, 0.25) is 17.7 Å². The predicted molar refractivity (Wildman–Crippen MR) is 73.5 cm³/mol. The molecule has 3 N–H and O–H groups in total. The van der Waals surface area contributed by atoms with E-state index in [1.54, 1.807) is 4.90 Å². The largest absolute Gasteiger partial charge is 0.369 e. The Labute approximate surface area is 119 Å². The minimum absolute atomic E-state index is 0.00720. The minimum atomic E-state index is -0.437. The Balaban J connectivity index is 1.70. The SMILES string of the molecule is NC(=O)C1CC(=O)N(CCC(=O)NC2CCCCC2)C1. The van der Waals surface area contributed by atoms with Crippen molar-refractivity contribution in [3.8, 4) is 0 Å². The van der Waals surface area contributed by atoms with Crippen molar-refractivity contribution in [2.45, 2.75) is 51.0 Å². The van der Waals surface area contributed by atoms with Crippen LogP contribution in [0.4, 0.5) is 0 Å². The van der Waals surface area contributed by atoms with E-state index < -0.39 is 11.8 Å². The zero-order valence-electron chi connectivity index (χ0n) is 11.8. The monoisotopic (exact) mass is 281 g/mol. The quantitative estimate of drug-likeness (QED) is 0.751. The van der Waals surface area contributed by atoms with Gasteiger partial charge in [0.25, 0.3) is 0 Å². The van der Waals surface area contributed by atoms with Crippen molar-refractivity contribution in [3.63, 3.8) is 0 Å². The average Bonchev–Trinajstić information content (AvgIpc) is 2.79. The summed E-state index contributed by atoms with van der Waals surface area (Å²) in [6.07, 6.45) is 6.19. The molecule has 1 atom stereocenters. The van der Waals surface area contributed by atoms with Gasteiger partial charge in [0, 0.05) is 32.0 Å². The molecule has 0 bridgehead atoms. The molecule has 2 aliphatic rings. The first-order valence-electron chi connectivity index (χ1n) is 7.42. The highest BCUT2D eigenvalue weighted by Gasteiger charge is 2.33. The normalized spacial score (nSPS) is 23.9. The highest BCUT2D eigenvalue weighted by molar-refractivity contribution is 5.88. The molecule has 0 spiro atoms. The van der Waals surface area contributed by atoms with Crippen molar-refractivity contribution >= 4 is 17.7 Å². The maximum Gasteiger partial charge on any atom is 0.223 e. The molecule has 112 valence electrons. The van der Waals surface area contributed by atoms with Gasteiger partial charge in [-0.2, -0.15) is 0 Å². The molecule has 6 nitrogen and oxygen atoms in total. The Morgan fingerprint density at radius 2 is 1.95 bits per heavy atom. The number of nitrogens with two attached hydrogens (primary N) is 1. The first kappa shape index (κ1) is 14.8. The van der Waals surface area contributed by atoms with E-state index in [0.29, 0.717) is 25.6 Å². The van der Waals surface area contributed by atoms with Gasteiger partial charge in [0.05, 0.1) is 5.92 Å². The van der Waals surface area contributed by atoms with Crippen LogP contribution in [0.15, 0.2) is 0 Å². The summed E-state index contributed by atoms with van der Waals surface area (Å²) in [7, 11) is 0. The van der Waals surface area contributed by atoms with Crippen LogP contribution in [0.3, 0.4) is 0 Å². The molecule has 1 heterocycles. The topological polar surface area (TPSA) is 92.5 Å². The number of carbonyl (C=O) groups is 3. The van der Waals surface area contributed by atoms with E-state index in [4.69, 9.17) is 5.73 Å². The van der Waals surface area contributed by atoms with Crippen LogP contribution >= 0.6 is 0 Å². The van der Waals surface area contributed by atoms with E-state index in [2.05, 4.69) is 5.32 Å². The summed E-state index contributed by atoms with van der Waals surface area (Å²) in [5.74, 6) is -0.928. The molecule has 6 heteroatoms. The molecule has 0 radical (unpaired) electrons. The molecule has 1 aliphatic carbocycles. The Kier molecular flexibility index (Phi) is 4.98. The molecule has 1 unspecified atom stereocenters. The third kappa shape index (κ3) is 3.95. The molecule has 3 amide bonds. The molecular formula is C14H23N3O3. The van der Waals surface area contributed by atoms with E-state index in [1.165, 1.54) is 19.3 Å². The van der Waals surface area contributed by atoms with Crippen LogP contribution in [0, 0.1) is 5.92 Å². The van der Waals surface area contributed by atoms with Crippen molar-refractivity contribution < 1.29 is 14.4 Å². The first-order chi connectivity index (χ1) is 9.56. The van der Waals surface area contributed by atoms with Crippen LogP contribution in [0.2, 0.25) is 0 Å². The number of nitrogens with one attached hydrogen (secondary N) is 1. The van der Waals surface area contributed by atoms with Gasteiger partial charge >= 0.3 is 0 Å². The molecule has 20 heavy (non-hydrogen) atoms. The zero-order chi connectivity index (χ0) is 14.5. The highest BCUT2D eigenvalue weighted by atomic mass is 16.2. The van der Waals surface area contributed by atoms with E-state index in [1.807, 2.05) is 0 Å². The second-order valence-electron chi connectivity index (χ2n) is 5.80. The van der Waals surface area contributed by atoms with E-state index in [9.17, 15) is 14.4 Å². The van der Waals surface area contributed by atoms with Gasteiger partial charge in [-0.1, -0.05) is 19.3 Å². The van der Waals surface area contributed by atoms with Crippen molar-refractivity contribution in [1.29, 1.82) is 0 Å². The van der Waals surface area contributed by atoms with Crippen molar-refractivity contribution in [1.82, 2.24) is 10.2 Å². The number of rotatable bonds is 5. The molecule has 1 aliphatic heterocycles. The van der Waals surface area contributed by atoms with E-state index >= 15 is 0 Å². The molecule has 1 saturated heterocycles. The van der Waals surface area contributed by atoms with Gasteiger partial charge in [-0.05, 0) is 12.8 Å². The van der Waals surface area contributed by atoms with Crippen molar-refractivity contribution in [2.75, 3.05) is 13.1 Å². The van der Waals surface area contributed by atoms with Gasteiger partial charge < -0.3 is 16.0 Å². The Morgan fingerprint density at radius 3 is 2.55 bits per heavy atom. The summed E-state index contributed by atoms with van der Waals surface area (Å²) in [6.45, 7) is 0.728. The standard InChI is InChI=1S/C14H23N3O3/c15-14(20)10-8-13(19)17(9-10)7-6-12(18)16-11-4-2-1-3-5-11/h10-11H,1-9H2,(H2,15,20)(H,16,18). The number of nitrogens with zero attached hydrogens (tertiary/aromatic N) is 1. The smallest absolute Gasteiger partial charge is 0.223 e. The molecular weight excluding hydrogens is 258 g/mol. The summed E-state index contributed by atoms with van der Waals surface area (Å²) in [5, 5.41) is 3.02. The molecule has 1 saturated carbocycles. The number of carbonyl (C=O) groups excluding carboxylic acids is 3. The van der Waals surface area contributed by atoms with Crippen LogP contribution in [0.25, 0.3) is 0 Å². The third-order valence-electron chi connectivity index (χ3n) is 4.20. The fraction of sp³-hybridized carbons (Fsp3) is 0.786. The highest BCUT2D eigenvalue weighted by Crippen LogP contribution is 2.19. The lowest BCUT2D eigenvalue weighted by Crippen LogP contribution is -2.38. The number of amides is 3. The summed E-state index contributed by atoms with van der Waals surface area (Å²) in [6, 6.07) is 0.295. The molecule has 2 rings (SSSR count). The van der Waals surface area contributed by atoms with Gasteiger partial charge in [0.15, 0.2) is 0 Å². The lowest BCUT2D eigenvalue weighted by Gasteiger charge is -2.23. The minimum Gasteiger partial charge on any atom is -0.369 e. The molecule has 0 aromatic heterocycles. The van der Waals surface area contributed by atoms with Crippen molar-refractivity contribution in [2.24, 2.45) is 11.7 Å². The number of primary amides is 1. The summed E-state index contributed by atoms with van der Waals surface area (Å²) < 4.78 is 0.